The number of rotatable bonds is 5. The number of phenolic OH excluding ortho intramolecular Hbond substituents is 1. The average Bonchev–Trinajstić information content (AvgIpc) is 2.86. The SMILES string of the molecule is CCCCC1(c2ccccc2O)C(=O)NN(c2ccccc2)C1=O. The molecule has 0 bridgehead atoms. The third kappa shape index (κ3) is 2.42. The summed E-state index contributed by atoms with van der Waals surface area (Å²) in [6, 6.07) is 15.6. The van der Waals surface area contributed by atoms with E-state index in [0.29, 0.717) is 24.1 Å². The van der Waals surface area contributed by atoms with Crippen LogP contribution in [0.25, 0.3) is 0 Å². The van der Waals surface area contributed by atoms with E-state index < -0.39 is 11.3 Å². The summed E-state index contributed by atoms with van der Waals surface area (Å²) in [5.41, 5.74) is 2.25. The molecular weight excluding hydrogens is 304 g/mol. The average molecular weight is 324 g/mol. The molecule has 2 N–H and O–H groups in total. The number of unbranched alkanes of at least 4 members (excludes halogenated alkanes) is 1. The maximum absolute atomic E-state index is 13.2. The molecule has 1 aliphatic rings. The molecule has 0 aliphatic carbocycles. The molecule has 0 saturated carbocycles. The Morgan fingerprint density at radius 3 is 2.38 bits per heavy atom. The zero-order valence-electron chi connectivity index (χ0n) is 13.5. The van der Waals surface area contributed by atoms with E-state index in [1.165, 1.54) is 11.1 Å². The second kappa shape index (κ2) is 6.35. The highest BCUT2D eigenvalue weighted by Crippen LogP contribution is 2.41. The Kier molecular flexibility index (Phi) is 4.25. The number of anilines is 1. The van der Waals surface area contributed by atoms with Crippen molar-refractivity contribution in [3.63, 3.8) is 0 Å². The van der Waals surface area contributed by atoms with Crippen molar-refractivity contribution in [1.82, 2.24) is 5.43 Å². The van der Waals surface area contributed by atoms with Gasteiger partial charge < -0.3 is 5.11 Å². The topological polar surface area (TPSA) is 69.6 Å². The summed E-state index contributed by atoms with van der Waals surface area (Å²) in [4.78, 5) is 26.1. The molecule has 1 unspecified atom stereocenters. The van der Waals surface area contributed by atoms with Crippen LogP contribution in [0.2, 0.25) is 0 Å². The van der Waals surface area contributed by atoms with Crippen molar-refractivity contribution in [2.75, 3.05) is 5.01 Å². The number of carbonyl (C=O) groups is 2. The molecule has 5 heteroatoms. The number of hydrogen-bond acceptors (Lipinski definition) is 3. The first-order valence-electron chi connectivity index (χ1n) is 8.10. The number of phenols is 1. The van der Waals surface area contributed by atoms with Crippen LogP contribution in [0.1, 0.15) is 31.7 Å². The molecule has 2 aromatic carbocycles. The van der Waals surface area contributed by atoms with E-state index in [-0.39, 0.29) is 11.7 Å². The molecule has 1 fully saturated rings. The van der Waals surface area contributed by atoms with Crippen LogP contribution in [-0.2, 0) is 15.0 Å². The second-order valence-corrected chi connectivity index (χ2v) is 5.94. The van der Waals surface area contributed by atoms with Crippen LogP contribution in [0.15, 0.2) is 54.6 Å². The summed E-state index contributed by atoms with van der Waals surface area (Å²) in [6.07, 6.45) is 1.91. The van der Waals surface area contributed by atoms with E-state index in [4.69, 9.17) is 0 Å². The van der Waals surface area contributed by atoms with Gasteiger partial charge >= 0.3 is 0 Å². The zero-order valence-corrected chi connectivity index (χ0v) is 13.5. The molecule has 0 radical (unpaired) electrons. The first-order valence-corrected chi connectivity index (χ1v) is 8.10. The van der Waals surface area contributed by atoms with Gasteiger partial charge in [-0.05, 0) is 24.6 Å². The summed E-state index contributed by atoms with van der Waals surface area (Å²) < 4.78 is 0. The van der Waals surface area contributed by atoms with Crippen molar-refractivity contribution in [2.45, 2.75) is 31.6 Å². The minimum Gasteiger partial charge on any atom is -0.508 e. The van der Waals surface area contributed by atoms with Crippen molar-refractivity contribution in [3.8, 4) is 5.75 Å². The van der Waals surface area contributed by atoms with Gasteiger partial charge in [0.05, 0.1) is 5.69 Å². The predicted molar refractivity (Wildman–Crippen MR) is 91.4 cm³/mol. The summed E-state index contributed by atoms with van der Waals surface area (Å²) in [5.74, 6) is -0.785. The number of nitrogens with one attached hydrogen (secondary N) is 1. The fourth-order valence-corrected chi connectivity index (χ4v) is 3.16. The lowest BCUT2D eigenvalue weighted by molar-refractivity contribution is -0.130. The Balaban J connectivity index is 2.10. The van der Waals surface area contributed by atoms with Gasteiger partial charge in [0, 0.05) is 5.56 Å². The zero-order chi connectivity index (χ0) is 17.2. The molecule has 2 aromatic rings. The number of para-hydroxylation sites is 2. The van der Waals surface area contributed by atoms with E-state index in [9.17, 15) is 14.7 Å². The van der Waals surface area contributed by atoms with E-state index in [2.05, 4.69) is 5.43 Å². The summed E-state index contributed by atoms with van der Waals surface area (Å²) in [5, 5.41) is 11.6. The standard InChI is InChI=1S/C19H20N2O3/c1-2-3-13-19(15-11-7-8-12-16(15)22)17(23)20-21(18(19)24)14-9-5-4-6-10-14/h4-12,22H,2-3,13H2,1H3,(H,20,23). The molecule has 1 atom stereocenters. The van der Waals surface area contributed by atoms with Crippen LogP contribution in [0, 0.1) is 0 Å². The third-order valence-corrected chi connectivity index (χ3v) is 4.45. The maximum atomic E-state index is 13.2. The number of hydrogen-bond donors (Lipinski definition) is 2. The Bertz CT molecular complexity index is 760. The van der Waals surface area contributed by atoms with Gasteiger partial charge in [-0.3, -0.25) is 15.0 Å². The van der Waals surface area contributed by atoms with Gasteiger partial charge in [-0.15, -0.1) is 0 Å². The Hall–Kier alpha value is -2.82. The molecule has 1 heterocycles. The van der Waals surface area contributed by atoms with E-state index in [1.807, 2.05) is 13.0 Å². The molecule has 5 nitrogen and oxygen atoms in total. The monoisotopic (exact) mass is 324 g/mol. The molecular formula is C19H20N2O3. The first kappa shape index (κ1) is 16.1. The highest BCUT2D eigenvalue weighted by molar-refractivity contribution is 6.22. The quantitative estimate of drug-likeness (QED) is 0.831. The van der Waals surface area contributed by atoms with Crippen LogP contribution in [0.3, 0.4) is 0 Å². The molecule has 2 amide bonds. The fourth-order valence-electron chi connectivity index (χ4n) is 3.16. The lowest BCUT2D eigenvalue weighted by atomic mass is 9.75. The van der Waals surface area contributed by atoms with E-state index in [1.54, 1.807) is 42.5 Å². The Morgan fingerprint density at radius 2 is 1.71 bits per heavy atom. The predicted octanol–water partition coefficient (Wildman–Crippen LogP) is 2.90. The van der Waals surface area contributed by atoms with Gasteiger partial charge in [0.2, 0.25) is 0 Å². The van der Waals surface area contributed by atoms with Crippen molar-refractivity contribution in [1.29, 1.82) is 0 Å². The number of nitrogens with zero attached hydrogens (tertiary/aromatic N) is 1. The van der Waals surface area contributed by atoms with Crippen molar-refractivity contribution in [3.05, 3.63) is 60.2 Å². The Morgan fingerprint density at radius 1 is 1.04 bits per heavy atom. The summed E-state index contributed by atoms with van der Waals surface area (Å²) in [7, 11) is 0. The van der Waals surface area contributed by atoms with Crippen LogP contribution in [0.4, 0.5) is 5.69 Å². The minimum absolute atomic E-state index is 0.0352. The molecule has 0 aromatic heterocycles. The van der Waals surface area contributed by atoms with Gasteiger partial charge in [0.25, 0.3) is 11.8 Å². The van der Waals surface area contributed by atoms with Gasteiger partial charge in [-0.25, -0.2) is 5.01 Å². The number of benzene rings is 2. The fraction of sp³-hybridized carbons (Fsp3) is 0.263. The lowest BCUT2D eigenvalue weighted by Crippen LogP contribution is -2.41. The van der Waals surface area contributed by atoms with E-state index in [0.717, 1.165) is 6.42 Å². The minimum atomic E-state index is -1.39. The maximum Gasteiger partial charge on any atom is 0.266 e. The van der Waals surface area contributed by atoms with Gasteiger partial charge in [-0.2, -0.15) is 0 Å². The highest BCUT2D eigenvalue weighted by atomic mass is 16.3. The molecule has 1 saturated heterocycles. The summed E-state index contributed by atoms with van der Waals surface area (Å²) in [6.45, 7) is 2.00. The van der Waals surface area contributed by atoms with Gasteiger partial charge in [0.1, 0.15) is 5.75 Å². The van der Waals surface area contributed by atoms with Gasteiger partial charge in [-0.1, -0.05) is 56.2 Å². The van der Waals surface area contributed by atoms with Crippen molar-refractivity contribution in [2.24, 2.45) is 0 Å². The molecule has 1 aliphatic heterocycles. The van der Waals surface area contributed by atoms with Crippen molar-refractivity contribution < 1.29 is 14.7 Å². The van der Waals surface area contributed by atoms with Crippen LogP contribution in [-0.4, -0.2) is 16.9 Å². The number of hydrazine groups is 1. The lowest BCUT2D eigenvalue weighted by Gasteiger charge is -2.25. The number of carbonyl (C=O) groups excluding carboxylic acids is 2. The van der Waals surface area contributed by atoms with Crippen LogP contribution >= 0.6 is 0 Å². The van der Waals surface area contributed by atoms with Crippen LogP contribution in [0.5, 0.6) is 5.75 Å². The smallest absolute Gasteiger partial charge is 0.266 e. The highest BCUT2D eigenvalue weighted by Gasteiger charge is 2.56. The molecule has 124 valence electrons. The number of amides is 2. The first-order chi connectivity index (χ1) is 11.6. The van der Waals surface area contributed by atoms with Gasteiger partial charge in [0.15, 0.2) is 5.41 Å². The number of aromatic hydroxyl groups is 1. The largest absolute Gasteiger partial charge is 0.508 e. The normalized spacial score (nSPS) is 20.3. The molecule has 0 spiro atoms. The second-order valence-electron chi connectivity index (χ2n) is 5.94. The van der Waals surface area contributed by atoms with Crippen molar-refractivity contribution >= 4 is 17.5 Å². The summed E-state index contributed by atoms with van der Waals surface area (Å²) >= 11 is 0. The molecule has 24 heavy (non-hydrogen) atoms. The Labute approximate surface area is 140 Å². The van der Waals surface area contributed by atoms with Crippen LogP contribution < -0.4 is 10.4 Å². The van der Waals surface area contributed by atoms with E-state index >= 15 is 0 Å². The molecule has 3 rings (SSSR count). The third-order valence-electron chi connectivity index (χ3n) is 4.45.